The van der Waals surface area contributed by atoms with Crippen LogP contribution in [0.4, 0.5) is 0 Å². The predicted molar refractivity (Wildman–Crippen MR) is 104 cm³/mol. The van der Waals surface area contributed by atoms with Crippen molar-refractivity contribution in [1.29, 1.82) is 5.26 Å². The van der Waals surface area contributed by atoms with E-state index in [4.69, 9.17) is 5.26 Å². The van der Waals surface area contributed by atoms with Gasteiger partial charge in [-0.25, -0.2) is 13.1 Å². The summed E-state index contributed by atoms with van der Waals surface area (Å²) in [6.45, 7) is 0.674. The van der Waals surface area contributed by atoms with E-state index < -0.39 is 10.0 Å². The second kappa shape index (κ2) is 9.86. The highest BCUT2D eigenvalue weighted by Gasteiger charge is 2.16. The van der Waals surface area contributed by atoms with Crippen LogP contribution in [-0.4, -0.2) is 39.4 Å². The Labute approximate surface area is 160 Å². The van der Waals surface area contributed by atoms with Gasteiger partial charge in [-0.05, 0) is 42.7 Å². The quantitative estimate of drug-likeness (QED) is 0.672. The van der Waals surface area contributed by atoms with Crippen LogP contribution < -0.4 is 4.72 Å². The average Bonchev–Trinajstić information content (AvgIpc) is 2.68. The van der Waals surface area contributed by atoms with E-state index in [2.05, 4.69) is 16.9 Å². The number of amides is 1. The van der Waals surface area contributed by atoms with Crippen molar-refractivity contribution < 1.29 is 13.2 Å². The summed E-state index contributed by atoms with van der Waals surface area (Å²) in [5.74, 6) is -0.149. The molecule has 0 atom stereocenters. The molecule has 0 fully saturated rings. The van der Waals surface area contributed by atoms with E-state index in [1.165, 1.54) is 29.8 Å². The molecule has 0 aliphatic heterocycles. The molecule has 142 valence electrons. The SMILES string of the molecule is CN(CCCc1ccccc1)C(=O)c1ccc(S(=O)(=O)NCCC#N)cc1. The summed E-state index contributed by atoms with van der Waals surface area (Å²) in [6.07, 6.45) is 1.84. The number of nitrogens with zero attached hydrogens (tertiary/aromatic N) is 2. The van der Waals surface area contributed by atoms with Gasteiger partial charge in [0.15, 0.2) is 0 Å². The third-order valence-corrected chi connectivity index (χ3v) is 5.57. The highest BCUT2D eigenvalue weighted by Crippen LogP contribution is 2.12. The van der Waals surface area contributed by atoms with E-state index in [-0.39, 0.29) is 23.8 Å². The van der Waals surface area contributed by atoms with Crippen LogP contribution in [0.5, 0.6) is 0 Å². The molecule has 1 N–H and O–H groups in total. The Morgan fingerprint density at radius 2 is 1.78 bits per heavy atom. The van der Waals surface area contributed by atoms with Crippen LogP contribution in [0.2, 0.25) is 0 Å². The van der Waals surface area contributed by atoms with Crippen LogP contribution >= 0.6 is 0 Å². The zero-order chi connectivity index (χ0) is 19.7. The first-order chi connectivity index (χ1) is 12.9. The summed E-state index contributed by atoms with van der Waals surface area (Å²) in [5.41, 5.74) is 1.67. The molecule has 0 aromatic heterocycles. The molecule has 0 aliphatic rings. The molecule has 1 amide bonds. The molecule has 0 heterocycles. The van der Waals surface area contributed by atoms with Crippen molar-refractivity contribution in [1.82, 2.24) is 9.62 Å². The number of nitrogens with one attached hydrogen (secondary N) is 1. The van der Waals surface area contributed by atoms with E-state index in [0.717, 1.165) is 12.8 Å². The van der Waals surface area contributed by atoms with Crippen LogP contribution in [0.25, 0.3) is 0 Å². The average molecular weight is 385 g/mol. The van der Waals surface area contributed by atoms with Crippen molar-refractivity contribution in [2.24, 2.45) is 0 Å². The number of nitriles is 1. The lowest BCUT2D eigenvalue weighted by atomic mass is 10.1. The zero-order valence-corrected chi connectivity index (χ0v) is 16.1. The van der Waals surface area contributed by atoms with E-state index >= 15 is 0 Å². The van der Waals surface area contributed by atoms with Gasteiger partial charge in [0.1, 0.15) is 0 Å². The highest BCUT2D eigenvalue weighted by atomic mass is 32.2. The molecule has 0 spiro atoms. The van der Waals surface area contributed by atoms with Gasteiger partial charge in [0.2, 0.25) is 10.0 Å². The second-order valence-corrected chi connectivity index (χ2v) is 7.91. The molecule has 0 saturated heterocycles. The largest absolute Gasteiger partial charge is 0.342 e. The Balaban J connectivity index is 1.91. The lowest BCUT2D eigenvalue weighted by Gasteiger charge is -2.17. The van der Waals surface area contributed by atoms with E-state index in [9.17, 15) is 13.2 Å². The van der Waals surface area contributed by atoms with Crippen LogP contribution in [0.3, 0.4) is 0 Å². The molecule has 0 radical (unpaired) electrons. The zero-order valence-electron chi connectivity index (χ0n) is 15.3. The monoisotopic (exact) mass is 385 g/mol. The molecular weight excluding hydrogens is 362 g/mol. The molecule has 0 aliphatic carbocycles. The summed E-state index contributed by atoms with van der Waals surface area (Å²) >= 11 is 0. The lowest BCUT2D eigenvalue weighted by Crippen LogP contribution is -2.28. The summed E-state index contributed by atoms with van der Waals surface area (Å²) in [7, 11) is -1.93. The maximum Gasteiger partial charge on any atom is 0.253 e. The van der Waals surface area contributed by atoms with Gasteiger partial charge in [-0.15, -0.1) is 0 Å². The highest BCUT2D eigenvalue weighted by molar-refractivity contribution is 7.89. The molecule has 2 aromatic rings. The van der Waals surface area contributed by atoms with Crippen LogP contribution in [-0.2, 0) is 16.4 Å². The Bertz CT molecular complexity index is 888. The molecule has 0 bridgehead atoms. The minimum Gasteiger partial charge on any atom is -0.342 e. The van der Waals surface area contributed by atoms with Gasteiger partial charge in [0.25, 0.3) is 5.91 Å². The van der Waals surface area contributed by atoms with Crippen molar-refractivity contribution >= 4 is 15.9 Å². The Morgan fingerprint density at radius 1 is 1.11 bits per heavy atom. The summed E-state index contributed by atoms with van der Waals surface area (Å²) in [5, 5.41) is 8.48. The van der Waals surface area contributed by atoms with Crippen LogP contribution in [0.15, 0.2) is 59.5 Å². The normalized spacial score (nSPS) is 11.0. The summed E-state index contributed by atoms with van der Waals surface area (Å²) in [4.78, 5) is 14.2. The summed E-state index contributed by atoms with van der Waals surface area (Å²) in [6, 6.07) is 17.8. The van der Waals surface area contributed by atoms with Gasteiger partial charge < -0.3 is 4.90 Å². The number of hydrogen-bond donors (Lipinski definition) is 1. The van der Waals surface area contributed by atoms with Gasteiger partial charge in [0, 0.05) is 32.1 Å². The first kappa shape index (κ1) is 20.6. The van der Waals surface area contributed by atoms with Gasteiger partial charge in [0.05, 0.1) is 11.0 Å². The first-order valence-electron chi connectivity index (χ1n) is 8.70. The lowest BCUT2D eigenvalue weighted by molar-refractivity contribution is 0.0793. The fraction of sp³-hybridized carbons (Fsp3) is 0.300. The number of aryl methyl sites for hydroxylation is 1. The molecule has 2 rings (SSSR count). The molecule has 27 heavy (non-hydrogen) atoms. The van der Waals surface area contributed by atoms with Crippen LogP contribution in [0.1, 0.15) is 28.8 Å². The van der Waals surface area contributed by atoms with Gasteiger partial charge in [-0.2, -0.15) is 5.26 Å². The number of benzene rings is 2. The Morgan fingerprint density at radius 3 is 2.41 bits per heavy atom. The van der Waals surface area contributed by atoms with Crippen molar-refractivity contribution in [3.63, 3.8) is 0 Å². The Kier molecular flexibility index (Phi) is 7.53. The first-order valence-corrected chi connectivity index (χ1v) is 10.2. The molecule has 2 aromatic carbocycles. The standard InChI is InChI=1S/C20H23N3O3S/c1-23(16-5-9-17-7-3-2-4-8-17)20(24)18-10-12-19(13-11-18)27(25,26)22-15-6-14-21/h2-4,7-8,10-13,22H,5-6,9,15-16H2,1H3. The van der Waals surface area contributed by atoms with E-state index in [1.54, 1.807) is 11.9 Å². The molecule has 0 unspecified atom stereocenters. The number of carbonyl (C=O) groups is 1. The van der Waals surface area contributed by atoms with E-state index in [0.29, 0.717) is 12.1 Å². The maximum absolute atomic E-state index is 12.5. The fourth-order valence-electron chi connectivity index (χ4n) is 2.59. The molecular formula is C20H23N3O3S. The predicted octanol–water partition coefficient (Wildman–Crippen LogP) is 2.58. The Hall–Kier alpha value is -2.69. The minimum absolute atomic E-state index is 0.0592. The second-order valence-electron chi connectivity index (χ2n) is 6.15. The number of rotatable bonds is 9. The smallest absolute Gasteiger partial charge is 0.253 e. The topological polar surface area (TPSA) is 90.3 Å². The molecule has 7 heteroatoms. The number of carbonyl (C=O) groups excluding carboxylic acids is 1. The molecule has 6 nitrogen and oxygen atoms in total. The van der Waals surface area contributed by atoms with Crippen molar-refractivity contribution in [2.45, 2.75) is 24.2 Å². The van der Waals surface area contributed by atoms with Crippen molar-refractivity contribution in [3.05, 3.63) is 65.7 Å². The van der Waals surface area contributed by atoms with Gasteiger partial charge in [-0.3, -0.25) is 4.79 Å². The molecule has 0 saturated carbocycles. The maximum atomic E-state index is 12.5. The van der Waals surface area contributed by atoms with Crippen molar-refractivity contribution in [3.8, 4) is 6.07 Å². The summed E-state index contributed by atoms with van der Waals surface area (Å²) < 4.78 is 26.5. The van der Waals surface area contributed by atoms with E-state index in [1.807, 2.05) is 24.3 Å². The number of sulfonamides is 1. The van der Waals surface area contributed by atoms with Crippen LogP contribution in [0, 0.1) is 11.3 Å². The van der Waals surface area contributed by atoms with Gasteiger partial charge >= 0.3 is 0 Å². The minimum atomic E-state index is -3.67. The van der Waals surface area contributed by atoms with Crippen molar-refractivity contribution in [2.75, 3.05) is 20.1 Å². The third kappa shape index (κ3) is 6.20. The fourth-order valence-corrected chi connectivity index (χ4v) is 3.62. The number of hydrogen-bond acceptors (Lipinski definition) is 4. The third-order valence-electron chi connectivity index (χ3n) is 4.09. The van der Waals surface area contributed by atoms with Gasteiger partial charge in [-0.1, -0.05) is 30.3 Å².